The molecule has 3 nitrogen and oxygen atoms in total. The van der Waals surface area contributed by atoms with Gasteiger partial charge in [0.15, 0.2) is 0 Å². The lowest BCUT2D eigenvalue weighted by Crippen LogP contribution is -1.92. The van der Waals surface area contributed by atoms with Crippen LogP contribution in [0.4, 0.5) is 0 Å². The molecule has 0 atom stereocenters. The van der Waals surface area contributed by atoms with Gasteiger partial charge in [-0.3, -0.25) is 0 Å². The lowest BCUT2D eigenvalue weighted by atomic mass is 10.2. The summed E-state index contributed by atoms with van der Waals surface area (Å²) in [6.45, 7) is 1.87. The smallest absolute Gasteiger partial charge is 0.417 e. The number of rotatable bonds is 6. The fourth-order valence-corrected chi connectivity index (χ4v) is 1.53. The van der Waals surface area contributed by atoms with Crippen LogP contribution in [0.1, 0.15) is 17.8 Å². The summed E-state index contributed by atoms with van der Waals surface area (Å²) in [5.74, 6) is 0. The van der Waals surface area contributed by atoms with Gasteiger partial charge in [-0.25, -0.2) is 9.78 Å². The largest absolute Gasteiger partial charge is 0.457 e. The Labute approximate surface area is 75.4 Å². The third kappa shape index (κ3) is 3.48. The van der Waals surface area contributed by atoms with Gasteiger partial charge in [-0.1, -0.05) is 0 Å². The van der Waals surface area contributed by atoms with E-state index in [2.05, 4.69) is 9.72 Å². The van der Waals surface area contributed by atoms with Crippen molar-refractivity contribution in [2.24, 2.45) is 0 Å². The molecule has 1 aromatic heterocycles. The number of thiazole rings is 1. The van der Waals surface area contributed by atoms with Gasteiger partial charge in [0, 0.05) is 11.6 Å². The van der Waals surface area contributed by atoms with Crippen LogP contribution in [0.15, 0.2) is 11.6 Å². The number of hydrogen-bond acceptors (Lipinski definition) is 4. The zero-order valence-electron chi connectivity index (χ0n) is 6.66. The Kier molecular flexibility index (Phi) is 4.37. The van der Waals surface area contributed by atoms with Gasteiger partial charge < -0.3 is 4.74 Å². The second-order valence-electron chi connectivity index (χ2n) is 2.31. The molecule has 0 aliphatic carbocycles. The van der Waals surface area contributed by atoms with Crippen LogP contribution in [0.2, 0.25) is 0 Å². The molecule has 0 unspecified atom stereocenters. The summed E-state index contributed by atoms with van der Waals surface area (Å²) in [6.07, 6.45) is 4.67. The van der Waals surface area contributed by atoms with Gasteiger partial charge in [-0.15, -0.1) is 11.3 Å². The Bertz CT molecular complexity index is 211. The quantitative estimate of drug-likeness (QED) is 0.630. The molecule has 0 bridgehead atoms. The second kappa shape index (κ2) is 5.71. The molecule has 0 amide bonds. The highest BCUT2D eigenvalue weighted by Crippen LogP contribution is 2.07. The van der Waals surface area contributed by atoms with E-state index < -0.39 is 0 Å². The van der Waals surface area contributed by atoms with Crippen molar-refractivity contribution in [3.05, 3.63) is 16.6 Å². The maximum Gasteiger partial charge on any atom is 0.417 e. The van der Waals surface area contributed by atoms with Crippen molar-refractivity contribution in [2.45, 2.75) is 19.3 Å². The number of carbonyl (C=O) groups excluding carboxylic acids is 1. The molecule has 12 heavy (non-hydrogen) atoms. The molecule has 4 heteroatoms. The first-order valence-corrected chi connectivity index (χ1v) is 4.69. The van der Waals surface area contributed by atoms with Crippen LogP contribution in [0.5, 0.6) is 0 Å². The van der Waals surface area contributed by atoms with E-state index in [4.69, 9.17) is 0 Å². The van der Waals surface area contributed by atoms with Crippen LogP contribution < -0.4 is 0 Å². The first-order chi connectivity index (χ1) is 5.93. The topological polar surface area (TPSA) is 39.2 Å². The average molecular weight is 184 g/mol. The normalized spacial score (nSPS) is 9.67. The molecule has 65 valence electrons. The van der Waals surface area contributed by atoms with E-state index in [0.717, 1.165) is 24.3 Å². The standard InChI is InChI=1S/C8H10NO2S/c10-7-11-5-2-1-3-8-9-4-6-12-8/h4,6H,1-3,5H2. The highest BCUT2D eigenvalue weighted by Gasteiger charge is 1.94. The lowest BCUT2D eigenvalue weighted by molar-refractivity contribution is 0.270. The summed E-state index contributed by atoms with van der Waals surface area (Å²) < 4.78 is 4.43. The van der Waals surface area contributed by atoms with E-state index in [-0.39, 0.29) is 0 Å². The molecular formula is C8H10NO2S. The van der Waals surface area contributed by atoms with Crippen molar-refractivity contribution in [1.82, 2.24) is 4.98 Å². The monoisotopic (exact) mass is 184 g/mol. The summed E-state index contributed by atoms with van der Waals surface area (Å²) in [5, 5.41) is 3.11. The summed E-state index contributed by atoms with van der Waals surface area (Å²) >= 11 is 1.66. The Morgan fingerprint density at radius 1 is 1.58 bits per heavy atom. The van der Waals surface area contributed by atoms with Crippen LogP contribution in [-0.2, 0) is 16.0 Å². The Morgan fingerprint density at radius 3 is 3.17 bits per heavy atom. The molecule has 1 rings (SSSR count). The van der Waals surface area contributed by atoms with Crippen LogP contribution in [0.25, 0.3) is 0 Å². The summed E-state index contributed by atoms with van der Waals surface area (Å²) in [6, 6.07) is 0. The van der Waals surface area contributed by atoms with Gasteiger partial charge in [0.25, 0.3) is 0 Å². The van der Waals surface area contributed by atoms with E-state index in [0.29, 0.717) is 6.61 Å². The SMILES string of the molecule is O=[C]OCCCCc1nccs1. The first kappa shape index (κ1) is 9.19. The van der Waals surface area contributed by atoms with Gasteiger partial charge in [0.1, 0.15) is 0 Å². The van der Waals surface area contributed by atoms with Crippen LogP contribution in [-0.4, -0.2) is 18.1 Å². The van der Waals surface area contributed by atoms with Crippen LogP contribution >= 0.6 is 11.3 Å². The number of aryl methyl sites for hydroxylation is 1. The number of unbranched alkanes of at least 4 members (excludes halogenated alkanes) is 1. The molecule has 0 saturated heterocycles. The third-order valence-corrected chi connectivity index (χ3v) is 2.27. The van der Waals surface area contributed by atoms with Gasteiger partial charge in [-0.2, -0.15) is 0 Å². The van der Waals surface area contributed by atoms with Gasteiger partial charge in [-0.05, 0) is 19.3 Å². The number of aromatic nitrogens is 1. The van der Waals surface area contributed by atoms with Crippen molar-refractivity contribution < 1.29 is 9.53 Å². The Morgan fingerprint density at radius 2 is 2.50 bits per heavy atom. The number of nitrogens with zero attached hydrogens (tertiary/aromatic N) is 1. The molecule has 0 saturated carbocycles. The highest BCUT2D eigenvalue weighted by atomic mass is 32.1. The summed E-state index contributed by atoms with van der Waals surface area (Å²) in [5.41, 5.74) is 0. The molecule has 1 aromatic rings. The molecular weight excluding hydrogens is 174 g/mol. The molecule has 0 aliphatic rings. The zero-order valence-corrected chi connectivity index (χ0v) is 7.47. The average Bonchev–Trinajstić information content (AvgIpc) is 2.57. The summed E-state index contributed by atoms with van der Waals surface area (Å²) in [4.78, 5) is 13.8. The van der Waals surface area contributed by atoms with Crippen LogP contribution in [0, 0.1) is 0 Å². The zero-order chi connectivity index (χ0) is 8.65. The van der Waals surface area contributed by atoms with Crippen molar-refractivity contribution in [1.29, 1.82) is 0 Å². The molecule has 0 aliphatic heterocycles. The lowest BCUT2D eigenvalue weighted by Gasteiger charge is -1.95. The maximum absolute atomic E-state index is 9.64. The third-order valence-electron chi connectivity index (χ3n) is 1.43. The Hall–Kier alpha value is -0.900. The van der Waals surface area contributed by atoms with E-state index in [1.54, 1.807) is 17.5 Å². The van der Waals surface area contributed by atoms with Gasteiger partial charge in [0.2, 0.25) is 0 Å². The summed E-state index contributed by atoms with van der Waals surface area (Å²) in [7, 11) is 0. The minimum Gasteiger partial charge on any atom is -0.457 e. The van der Waals surface area contributed by atoms with Gasteiger partial charge >= 0.3 is 6.47 Å². The van der Waals surface area contributed by atoms with Crippen LogP contribution in [0.3, 0.4) is 0 Å². The molecule has 0 N–H and O–H groups in total. The fraction of sp³-hybridized carbons (Fsp3) is 0.500. The molecule has 0 spiro atoms. The predicted octanol–water partition coefficient (Wildman–Crippen LogP) is 1.55. The van der Waals surface area contributed by atoms with E-state index >= 15 is 0 Å². The van der Waals surface area contributed by atoms with E-state index in [9.17, 15) is 4.79 Å². The minimum absolute atomic E-state index is 0.467. The number of hydrogen-bond donors (Lipinski definition) is 0. The highest BCUT2D eigenvalue weighted by molar-refractivity contribution is 7.09. The van der Waals surface area contributed by atoms with E-state index in [1.807, 2.05) is 5.38 Å². The van der Waals surface area contributed by atoms with E-state index in [1.165, 1.54) is 6.47 Å². The Balaban J connectivity index is 2.00. The minimum atomic E-state index is 0.467. The fourth-order valence-electron chi connectivity index (χ4n) is 0.869. The molecule has 1 heterocycles. The second-order valence-corrected chi connectivity index (χ2v) is 3.29. The first-order valence-electron chi connectivity index (χ1n) is 3.81. The van der Waals surface area contributed by atoms with Gasteiger partial charge in [0.05, 0.1) is 11.6 Å². The molecule has 0 fully saturated rings. The van der Waals surface area contributed by atoms with Crippen molar-refractivity contribution in [2.75, 3.05) is 6.61 Å². The van der Waals surface area contributed by atoms with Crippen molar-refractivity contribution in [3.8, 4) is 0 Å². The van der Waals surface area contributed by atoms with Crippen molar-refractivity contribution in [3.63, 3.8) is 0 Å². The maximum atomic E-state index is 9.64. The van der Waals surface area contributed by atoms with Crippen molar-refractivity contribution >= 4 is 17.8 Å². The number of ether oxygens (including phenoxy) is 1. The molecule has 1 radical (unpaired) electrons. The predicted molar refractivity (Wildman–Crippen MR) is 46.7 cm³/mol. The molecule has 0 aromatic carbocycles.